The van der Waals surface area contributed by atoms with Gasteiger partial charge in [0.05, 0.1) is 6.61 Å². The Morgan fingerprint density at radius 2 is 1.95 bits per heavy atom. The Balaban J connectivity index is 3.00. The largest absolute Gasteiger partial charge is 0.465 e. The topological polar surface area (TPSA) is 77.1 Å². The van der Waals surface area contributed by atoms with Gasteiger partial charge in [0.25, 0.3) is 0 Å². The lowest BCUT2D eigenvalue weighted by Crippen LogP contribution is -2.26. The number of hydrogen-bond acceptors (Lipinski definition) is 5. The number of rotatable bonds is 5. The molecule has 19 heavy (non-hydrogen) atoms. The Bertz CT molecular complexity index is 522. The summed E-state index contributed by atoms with van der Waals surface area (Å²) in [4.78, 5) is 13.0. The first-order valence-electron chi connectivity index (χ1n) is 5.70. The lowest BCUT2D eigenvalue weighted by molar-refractivity contribution is -0.141. The van der Waals surface area contributed by atoms with Gasteiger partial charge in [0, 0.05) is 11.9 Å². The number of allylic oxidation sites excluding steroid dienone is 1. The molecule has 5 nitrogen and oxygen atoms in total. The van der Waals surface area contributed by atoms with Crippen molar-refractivity contribution in [2.75, 3.05) is 18.1 Å². The SMILES string of the molecule is CCOC(=O)CN(C=C(C#N)C#N)c1ccccc1. The number of benzene rings is 1. The molecular weight excluding hydrogens is 242 g/mol. The van der Waals surface area contributed by atoms with E-state index in [1.807, 2.05) is 6.07 Å². The van der Waals surface area contributed by atoms with E-state index in [-0.39, 0.29) is 18.7 Å². The maximum atomic E-state index is 11.5. The molecule has 96 valence electrons. The minimum absolute atomic E-state index is 0.0509. The van der Waals surface area contributed by atoms with Crippen molar-refractivity contribution in [3.05, 3.63) is 42.1 Å². The van der Waals surface area contributed by atoms with Crippen molar-refractivity contribution in [2.24, 2.45) is 0 Å². The molecule has 1 rings (SSSR count). The summed E-state index contributed by atoms with van der Waals surface area (Å²) in [6.45, 7) is 1.95. The van der Waals surface area contributed by atoms with Crippen LogP contribution in [0.15, 0.2) is 42.1 Å². The summed E-state index contributed by atoms with van der Waals surface area (Å²) in [5, 5.41) is 17.6. The summed E-state index contributed by atoms with van der Waals surface area (Å²) in [7, 11) is 0. The van der Waals surface area contributed by atoms with Crippen LogP contribution < -0.4 is 4.90 Å². The molecule has 0 heterocycles. The molecule has 0 unspecified atom stereocenters. The van der Waals surface area contributed by atoms with Gasteiger partial charge in [-0.1, -0.05) is 18.2 Å². The first kappa shape index (κ1) is 14.3. The van der Waals surface area contributed by atoms with Gasteiger partial charge in [0.1, 0.15) is 24.3 Å². The molecule has 0 saturated carbocycles. The highest BCUT2D eigenvalue weighted by Crippen LogP contribution is 2.14. The number of nitrogens with zero attached hydrogens (tertiary/aromatic N) is 3. The van der Waals surface area contributed by atoms with Crippen LogP contribution in [0.2, 0.25) is 0 Å². The van der Waals surface area contributed by atoms with Crippen LogP contribution in [0.25, 0.3) is 0 Å². The average molecular weight is 255 g/mol. The van der Waals surface area contributed by atoms with E-state index in [0.29, 0.717) is 5.69 Å². The molecule has 0 aromatic heterocycles. The smallest absolute Gasteiger partial charge is 0.325 e. The number of nitriles is 2. The van der Waals surface area contributed by atoms with E-state index in [1.54, 1.807) is 43.3 Å². The first-order chi connectivity index (χ1) is 9.21. The third-order valence-corrected chi connectivity index (χ3v) is 2.22. The molecule has 0 fully saturated rings. The van der Waals surface area contributed by atoms with Crippen molar-refractivity contribution >= 4 is 11.7 Å². The van der Waals surface area contributed by atoms with Gasteiger partial charge in [0.2, 0.25) is 0 Å². The van der Waals surface area contributed by atoms with E-state index >= 15 is 0 Å². The molecule has 0 spiro atoms. The fourth-order valence-corrected chi connectivity index (χ4v) is 1.42. The maximum Gasteiger partial charge on any atom is 0.325 e. The van der Waals surface area contributed by atoms with Gasteiger partial charge in [-0.25, -0.2) is 0 Å². The summed E-state index contributed by atoms with van der Waals surface area (Å²) in [5.74, 6) is -0.419. The molecule has 0 aliphatic rings. The highest BCUT2D eigenvalue weighted by atomic mass is 16.5. The molecule has 1 aromatic rings. The summed E-state index contributed by atoms with van der Waals surface area (Å²) < 4.78 is 4.87. The van der Waals surface area contributed by atoms with Crippen LogP contribution in [-0.4, -0.2) is 19.1 Å². The van der Waals surface area contributed by atoms with Gasteiger partial charge in [0.15, 0.2) is 0 Å². The lowest BCUT2D eigenvalue weighted by atomic mass is 10.2. The van der Waals surface area contributed by atoms with Crippen molar-refractivity contribution in [3.8, 4) is 12.1 Å². The molecule has 1 aromatic carbocycles. The number of anilines is 1. The van der Waals surface area contributed by atoms with Crippen LogP contribution in [0.4, 0.5) is 5.69 Å². The molecule has 0 saturated heterocycles. The van der Waals surface area contributed by atoms with Gasteiger partial charge in [-0.05, 0) is 19.1 Å². The highest BCUT2D eigenvalue weighted by molar-refractivity contribution is 5.76. The van der Waals surface area contributed by atoms with E-state index in [0.717, 1.165) is 0 Å². The summed E-state index contributed by atoms with van der Waals surface area (Å²) in [6, 6.07) is 12.5. The third-order valence-electron chi connectivity index (χ3n) is 2.22. The second-order valence-electron chi connectivity index (χ2n) is 3.53. The molecule has 0 bridgehead atoms. The highest BCUT2D eigenvalue weighted by Gasteiger charge is 2.11. The summed E-state index contributed by atoms with van der Waals surface area (Å²) in [5.41, 5.74) is 0.631. The van der Waals surface area contributed by atoms with Crippen molar-refractivity contribution in [2.45, 2.75) is 6.92 Å². The van der Waals surface area contributed by atoms with Crippen LogP contribution in [0, 0.1) is 22.7 Å². The molecule has 0 N–H and O–H groups in total. The minimum Gasteiger partial charge on any atom is -0.465 e. The van der Waals surface area contributed by atoms with Crippen LogP contribution in [0.3, 0.4) is 0 Å². The molecule has 0 aliphatic heterocycles. The van der Waals surface area contributed by atoms with Crippen molar-refractivity contribution < 1.29 is 9.53 Å². The second-order valence-corrected chi connectivity index (χ2v) is 3.53. The zero-order valence-corrected chi connectivity index (χ0v) is 10.5. The zero-order valence-electron chi connectivity index (χ0n) is 10.5. The number of esters is 1. The van der Waals surface area contributed by atoms with E-state index in [9.17, 15) is 4.79 Å². The summed E-state index contributed by atoms with van der Waals surface area (Å²) >= 11 is 0. The molecule has 0 radical (unpaired) electrons. The van der Waals surface area contributed by atoms with Gasteiger partial charge in [-0.2, -0.15) is 10.5 Å². The van der Waals surface area contributed by atoms with Crippen molar-refractivity contribution in [3.63, 3.8) is 0 Å². The zero-order chi connectivity index (χ0) is 14.1. The first-order valence-corrected chi connectivity index (χ1v) is 5.70. The molecule has 0 aliphatic carbocycles. The number of carbonyl (C=O) groups excluding carboxylic acids is 1. The van der Waals surface area contributed by atoms with Crippen LogP contribution in [0.5, 0.6) is 0 Å². The molecule has 0 atom stereocenters. The Labute approximate surface area is 111 Å². The van der Waals surface area contributed by atoms with Crippen molar-refractivity contribution in [1.82, 2.24) is 0 Å². The third kappa shape index (κ3) is 4.53. The number of hydrogen-bond donors (Lipinski definition) is 0. The Hall–Kier alpha value is -2.79. The van der Waals surface area contributed by atoms with Crippen LogP contribution in [-0.2, 0) is 9.53 Å². The number of para-hydroxylation sites is 1. The van der Waals surface area contributed by atoms with Gasteiger partial charge in [-0.3, -0.25) is 4.79 Å². The van der Waals surface area contributed by atoms with Gasteiger partial charge in [-0.15, -0.1) is 0 Å². The lowest BCUT2D eigenvalue weighted by Gasteiger charge is -2.19. The number of ether oxygens (including phenoxy) is 1. The molecule has 0 amide bonds. The monoisotopic (exact) mass is 255 g/mol. The predicted octanol–water partition coefficient (Wildman–Crippen LogP) is 1.99. The van der Waals surface area contributed by atoms with Gasteiger partial charge < -0.3 is 9.64 Å². The van der Waals surface area contributed by atoms with E-state index in [2.05, 4.69) is 0 Å². The average Bonchev–Trinajstić information content (AvgIpc) is 2.44. The van der Waals surface area contributed by atoms with Crippen molar-refractivity contribution in [1.29, 1.82) is 10.5 Å². The number of carbonyl (C=O) groups is 1. The standard InChI is InChI=1S/C14H13N3O2/c1-2-19-14(18)11-17(10-12(8-15)9-16)13-6-4-3-5-7-13/h3-7,10H,2,11H2,1H3. The van der Waals surface area contributed by atoms with E-state index < -0.39 is 5.97 Å². The Kier molecular flexibility index (Phi) is 5.65. The predicted molar refractivity (Wildman–Crippen MR) is 69.7 cm³/mol. The summed E-state index contributed by atoms with van der Waals surface area (Å²) in [6.07, 6.45) is 1.34. The molecular formula is C14H13N3O2. The molecule has 5 heteroatoms. The Morgan fingerprint density at radius 1 is 1.32 bits per heavy atom. The minimum atomic E-state index is -0.419. The van der Waals surface area contributed by atoms with Gasteiger partial charge >= 0.3 is 5.97 Å². The fraction of sp³-hybridized carbons (Fsp3) is 0.214. The second kappa shape index (κ2) is 7.52. The quantitative estimate of drug-likeness (QED) is 0.594. The van der Waals surface area contributed by atoms with Crippen LogP contribution >= 0.6 is 0 Å². The van der Waals surface area contributed by atoms with Crippen LogP contribution in [0.1, 0.15) is 6.92 Å². The Morgan fingerprint density at radius 3 is 2.47 bits per heavy atom. The maximum absolute atomic E-state index is 11.5. The van der Waals surface area contributed by atoms with E-state index in [4.69, 9.17) is 15.3 Å². The normalized spacial score (nSPS) is 8.79. The fourth-order valence-electron chi connectivity index (χ4n) is 1.42. The van der Waals surface area contributed by atoms with E-state index in [1.165, 1.54) is 11.1 Å².